The predicted octanol–water partition coefficient (Wildman–Crippen LogP) is 2.54. The van der Waals surface area contributed by atoms with Crippen LogP contribution in [0.2, 0.25) is 0 Å². The lowest BCUT2D eigenvalue weighted by Crippen LogP contribution is -2.26. The van der Waals surface area contributed by atoms with Crippen molar-refractivity contribution in [2.45, 2.75) is 26.0 Å². The van der Waals surface area contributed by atoms with Crippen LogP contribution in [0.15, 0.2) is 15.9 Å². The van der Waals surface area contributed by atoms with Gasteiger partial charge >= 0.3 is 0 Å². The van der Waals surface area contributed by atoms with Gasteiger partial charge in [0.2, 0.25) is 0 Å². The summed E-state index contributed by atoms with van der Waals surface area (Å²) in [5.41, 5.74) is 0. The summed E-state index contributed by atoms with van der Waals surface area (Å²) in [6.45, 7) is 4.51. The number of hydrogen-bond donors (Lipinski definition) is 2. The summed E-state index contributed by atoms with van der Waals surface area (Å²) in [5, 5.41) is 14.4. The third kappa shape index (κ3) is 3.38. The first-order chi connectivity index (χ1) is 6.11. The maximum atomic E-state index is 9.10. The molecule has 0 amide bonds. The fourth-order valence-electron chi connectivity index (χ4n) is 1.05. The summed E-state index contributed by atoms with van der Waals surface area (Å²) >= 11 is 5.20. The van der Waals surface area contributed by atoms with E-state index in [2.05, 4.69) is 33.6 Å². The number of halogens is 1. The third-order valence-corrected chi connectivity index (χ3v) is 3.81. The Morgan fingerprint density at radius 1 is 1.62 bits per heavy atom. The van der Waals surface area contributed by atoms with Gasteiger partial charge in [-0.2, -0.15) is 0 Å². The Balaban J connectivity index is 2.49. The molecule has 2 atom stereocenters. The van der Waals surface area contributed by atoms with Crippen molar-refractivity contribution in [3.8, 4) is 0 Å². The molecule has 0 aliphatic carbocycles. The van der Waals surface area contributed by atoms with Crippen molar-refractivity contribution in [3.05, 3.63) is 20.8 Å². The van der Waals surface area contributed by atoms with Crippen LogP contribution in [-0.2, 0) is 0 Å². The summed E-state index contributed by atoms with van der Waals surface area (Å²) in [5.74, 6) is 0. The number of hydrogen-bond acceptors (Lipinski definition) is 3. The van der Waals surface area contributed by atoms with Gasteiger partial charge in [0.05, 0.1) is 6.10 Å². The second kappa shape index (κ2) is 5.10. The zero-order chi connectivity index (χ0) is 9.84. The quantitative estimate of drug-likeness (QED) is 0.876. The number of nitrogens with one attached hydrogen (secondary N) is 1. The van der Waals surface area contributed by atoms with Crippen molar-refractivity contribution < 1.29 is 5.11 Å². The molecule has 0 spiro atoms. The molecule has 0 radical (unpaired) electrons. The number of thiophene rings is 1. The van der Waals surface area contributed by atoms with Crippen LogP contribution >= 0.6 is 27.3 Å². The molecule has 0 aliphatic rings. The lowest BCUT2D eigenvalue weighted by Gasteiger charge is -2.14. The van der Waals surface area contributed by atoms with E-state index >= 15 is 0 Å². The molecule has 1 heterocycles. The molecule has 0 saturated carbocycles. The molecule has 4 heteroatoms. The smallest absolute Gasteiger partial charge is 0.0636 e. The topological polar surface area (TPSA) is 32.3 Å². The Morgan fingerprint density at radius 3 is 2.77 bits per heavy atom. The zero-order valence-electron chi connectivity index (χ0n) is 7.75. The molecule has 2 N–H and O–H groups in total. The Labute approximate surface area is 91.1 Å². The molecule has 0 aromatic carbocycles. The van der Waals surface area contributed by atoms with Crippen LogP contribution in [0.3, 0.4) is 0 Å². The first-order valence-electron chi connectivity index (χ1n) is 4.25. The van der Waals surface area contributed by atoms with Gasteiger partial charge in [0, 0.05) is 21.9 Å². The molecule has 0 saturated heterocycles. The Kier molecular flexibility index (Phi) is 4.38. The van der Waals surface area contributed by atoms with E-state index < -0.39 is 0 Å². The van der Waals surface area contributed by atoms with Crippen LogP contribution in [0.1, 0.15) is 24.8 Å². The molecular formula is C9H14BrNOS. The van der Waals surface area contributed by atoms with Gasteiger partial charge in [-0.3, -0.25) is 0 Å². The fraction of sp³-hybridized carbons (Fsp3) is 0.556. The average Bonchev–Trinajstić information content (AvgIpc) is 2.47. The summed E-state index contributed by atoms with van der Waals surface area (Å²) in [6, 6.07) is 2.34. The summed E-state index contributed by atoms with van der Waals surface area (Å²) in [7, 11) is 0. The zero-order valence-corrected chi connectivity index (χ0v) is 10.2. The number of aliphatic hydroxyl groups is 1. The Bertz CT molecular complexity index is 262. The van der Waals surface area contributed by atoms with E-state index in [1.165, 1.54) is 4.88 Å². The van der Waals surface area contributed by atoms with Crippen LogP contribution in [-0.4, -0.2) is 17.8 Å². The highest BCUT2D eigenvalue weighted by Crippen LogP contribution is 2.28. The van der Waals surface area contributed by atoms with Crippen LogP contribution in [0.5, 0.6) is 0 Å². The van der Waals surface area contributed by atoms with Gasteiger partial charge < -0.3 is 10.4 Å². The molecule has 13 heavy (non-hydrogen) atoms. The van der Waals surface area contributed by atoms with Crippen molar-refractivity contribution in [1.29, 1.82) is 0 Å². The minimum absolute atomic E-state index is 0.291. The Hall–Kier alpha value is 0.100. The highest BCUT2D eigenvalue weighted by atomic mass is 79.9. The van der Waals surface area contributed by atoms with Gasteiger partial charge in [-0.1, -0.05) is 0 Å². The number of rotatable bonds is 4. The molecule has 1 aromatic heterocycles. The van der Waals surface area contributed by atoms with E-state index in [-0.39, 0.29) is 6.10 Å². The first kappa shape index (κ1) is 11.2. The van der Waals surface area contributed by atoms with Crippen molar-refractivity contribution in [3.63, 3.8) is 0 Å². The third-order valence-electron chi connectivity index (χ3n) is 1.76. The van der Waals surface area contributed by atoms with Crippen LogP contribution in [0.25, 0.3) is 0 Å². The summed E-state index contributed by atoms with van der Waals surface area (Å²) in [6.07, 6.45) is -0.291. The van der Waals surface area contributed by atoms with Crippen molar-refractivity contribution >= 4 is 27.3 Å². The van der Waals surface area contributed by atoms with E-state index in [1.807, 2.05) is 6.07 Å². The van der Waals surface area contributed by atoms with Crippen LogP contribution < -0.4 is 5.32 Å². The average molecular weight is 264 g/mol. The SMILES string of the molecule is CC(O)CNC(C)c1sccc1Br. The number of aliphatic hydroxyl groups excluding tert-OH is 1. The van der Waals surface area contributed by atoms with E-state index in [9.17, 15) is 0 Å². The summed E-state index contributed by atoms with van der Waals surface area (Å²) in [4.78, 5) is 1.28. The van der Waals surface area contributed by atoms with E-state index in [0.717, 1.165) is 4.47 Å². The van der Waals surface area contributed by atoms with Gasteiger partial charge in [0.25, 0.3) is 0 Å². The van der Waals surface area contributed by atoms with Crippen molar-refractivity contribution in [1.82, 2.24) is 5.32 Å². The first-order valence-corrected chi connectivity index (χ1v) is 5.93. The van der Waals surface area contributed by atoms with E-state index in [4.69, 9.17) is 5.11 Å². The van der Waals surface area contributed by atoms with Gasteiger partial charge in [-0.25, -0.2) is 0 Å². The molecule has 2 nitrogen and oxygen atoms in total. The summed E-state index contributed by atoms with van der Waals surface area (Å²) < 4.78 is 1.14. The molecule has 0 fully saturated rings. The molecule has 74 valence electrons. The van der Waals surface area contributed by atoms with Crippen molar-refractivity contribution in [2.24, 2.45) is 0 Å². The lowest BCUT2D eigenvalue weighted by atomic mass is 10.2. The van der Waals surface area contributed by atoms with Gasteiger partial charge in [0.15, 0.2) is 0 Å². The van der Waals surface area contributed by atoms with E-state index in [0.29, 0.717) is 12.6 Å². The maximum absolute atomic E-state index is 9.10. The second-order valence-corrected chi connectivity index (χ2v) is 4.91. The van der Waals surface area contributed by atoms with E-state index in [1.54, 1.807) is 18.3 Å². The van der Waals surface area contributed by atoms with Crippen LogP contribution in [0, 0.1) is 0 Å². The largest absolute Gasteiger partial charge is 0.392 e. The molecule has 1 rings (SSSR count). The predicted molar refractivity (Wildman–Crippen MR) is 60.1 cm³/mol. The molecule has 1 aromatic rings. The van der Waals surface area contributed by atoms with Gasteiger partial charge in [0.1, 0.15) is 0 Å². The second-order valence-electron chi connectivity index (χ2n) is 3.11. The van der Waals surface area contributed by atoms with Crippen LogP contribution in [0.4, 0.5) is 0 Å². The van der Waals surface area contributed by atoms with Crippen molar-refractivity contribution in [2.75, 3.05) is 6.54 Å². The molecular weight excluding hydrogens is 250 g/mol. The molecule has 2 unspecified atom stereocenters. The fourth-order valence-corrected chi connectivity index (χ4v) is 2.80. The standard InChI is InChI=1S/C9H14BrNOS/c1-6(12)5-11-7(2)9-8(10)3-4-13-9/h3-4,6-7,11-12H,5H2,1-2H3. The highest BCUT2D eigenvalue weighted by molar-refractivity contribution is 9.10. The molecule has 0 aliphatic heterocycles. The van der Waals surface area contributed by atoms with Gasteiger partial charge in [-0.15, -0.1) is 11.3 Å². The minimum Gasteiger partial charge on any atom is -0.392 e. The van der Waals surface area contributed by atoms with Gasteiger partial charge in [-0.05, 0) is 41.2 Å². The monoisotopic (exact) mass is 263 g/mol. The minimum atomic E-state index is -0.291. The highest BCUT2D eigenvalue weighted by Gasteiger charge is 2.10. The lowest BCUT2D eigenvalue weighted by molar-refractivity contribution is 0.187. The Morgan fingerprint density at radius 2 is 2.31 bits per heavy atom. The maximum Gasteiger partial charge on any atom is 0.0636 e. The normalized spacial score (nSPS) is 15.7. The molecule has 0 bridgehead atoms.